The second-order valence-corrected chi connectivity index (χ2v) is 6.43. The van der Waals surface area contributed by atoms with E-state index >= 15 is 0 Å². The number of thioether (sulfide) groups is 1. The van der Waals surface area contributed by atoms with Crippen LogP contribution in [0.15, 0.2) is 41.6 Å². The molecule has 4 nitrogen and oxygen atoms in total. The molecular formula is C16H12ClF2N3OS. The molecule has 0 atom stereocenters. The van der Waals surface area contributed by atoms with E-state index in [1.807, 2.05) is 17.7 Å². The maximum atomic E-state index is 13.5. The molecule has 0 saturated carbocycles. The van der Waals surface area contributed by atoms with E-state index in [0.717, 1.165) is 29.2 Å². The van der Waals surface area contributed by atoms with Gasteiger partial charge >= 0.3 is 0 Å². The first-order chi connectivity index (χ1) is 11.4. The Hall–Kier alpha value is -2.12. The van der Waals surface area contributed by atoms with E-state index in [9.17, 15) is 13.6 Å². The van der Waals surface area contributed by atoms with Gasteiger partial charge in [-0.3, -0.25) is 4.79 Å². The molecule has 3 rings (SSSR count). The number of nitrogens with one attached hydrogen (secondary N) is 1. The maximum absolute atomic E-state index is 13.5. The molecule has 0 aliphatic carbocycles. The van der Waals surface area contributed by atoms with Crippen molar-refractivity contribution in [3.05, 3.63) is 53.1 Å². The molecule has 0 saturated heterocycles. The highest BCUT2D eigenvalue weighted by Crippen LogP contribution is 2.25. The van der Waals surface area contributed by atoms with Crippen molar-refractivity contribution < 1.29 is 13.6 Å². The lowest BCUT2D eigenvalue weighted by Crippen LogP contribution is -2.15. The van der Waals surface area contributed by atoms with Gasteiger partial charge in [-0.1, -0.05) is 23.4 Å². The van der Waals surface area contributed by atoms with Crippen molar-refractivity contribution in [1.29, 1.82) is 0 Å². The lowest BCUT2D eigenvalue weighted by molar-refractivity contribution is -0.113. The van der Waals surface area contributed by atoms with Crippen LogP contribution in [-0.4, -0.2) is 21.2 Å². The van der Waals surface area contributed by atoms with Crippen LogP contribution in [0.2, 0.25) is 5.02 Å². The first-order valence-electron chi connectivity index (χ1n) is 6.94. The molecular weight excluding hydrogens is 356 g/mol. The Labute approximate surface area is 145 Å². The summed E-state index contributed by atoms with van der Waals surface area (Å²) in [5.74, 6) is -1.74. The van der Waals surface area contributed by atoms with Crippen LogP contribution >= 0.6 is 23.4 Å². The molecule has 1 amide bonds. The zero-order valence-electron chi connectivity index (χ0n) is 12.5. The summed E-state index contributed by atoms with van der Waals surface area (Å²) in [5, 5.41) is 3.56. The highest BCUT2D eigenvalue weighted by atomic mass is 35.5. The molecule has 1 heterocycles. The normalized spacial score (nSPS) is 11.0. The molecule has 0 unspecified atom stereocenters. The van der Waals surface area contributed by atoms with Gasteiger partial charge in [0, 0.05) is 18.1 Å². The van der Waals surface area contributed by atoms with Crippen molar-refractivity contribution in [3.63, 3.8) is 0 Å². The quantitative estimate of drug-likeness (QED) is 0.702. The molecule has 0 radical (unpaired) electrons. The van der Waals surface area contributed by atoms with Gasteiger partial charge in [0.05, 0.1) is 22.5 Å². The van der Waals surface area contributed by atoms with Gasteiger partial charge in [-0.2, -0.15) is 0 Å². The smallest absolute Gasteiger partial charge is 0.234 e. The lowest BCUT2D eigenvalue weighted by Gasteiger charge is -2.06. The summed E-state index contributed by atoms with van der Waals surface area (Å²) >= 11 is 7.14. The minimum absolute atomic E-state index is 0.0147. The third-order valence-corrected chi connectivity index (χ3v) is 4.60. The predicted molar refractivity (Wildman–Crippen MR) is 91.4 cm³/mol. The summed E-state index contributed by atoms with van der Waals surface area (Å²) in [5.41, 5.74) is 1.43. The summed E-state index contributed by atoms with van der Waals surface area (Å²) in [6, 6.07) is 8.24. The largest absolute Gasteiger partial charge is 0.323 e. The Kier molecular flexibility index (Phi) is 4.73. The molecule has 0 fully saturated rings. The summed E-state index contributed by atoms with van der Waals surface area (Å²) in [6.07, 6.45) is 0. The molecule has 0 spiro atoms. The third kappa shape index (κ3) is 3.52. The van der Waals surface area contributed by atoms with Gasteiger partial charge in [-0.25, -0.2) is 13.8 Å². The van der Waals surface area contributed by atoms with Crippen molar-refractivity contribution in [1.82, 2.24) is 9.55 Å². The van der Waals surface area contributed by atoms with E-state index in [1.54, 1.807) is 12.1 Å². The number of fused-ring (bicyclic) bond motifs is 1. The SMILES string of the molecule is Cn1c(SCC(=O)Nc2cc(F)ccc2F)nc2cc(Cl)ccc21. The van der Waals surface area contributed by atoms with Crippen molar-refractivity contribution in [2.75, 3.05) is 11.1 Å². The minimum atomic E-state index is -0.688. The number of hydrogen-bond acceptors (Lipinski definition) is 3. The monoisotopic (exact) mass is 367 g/mol. The van der Waals surface area contributed by atoms with Crippen LogP contribution < -0.4 is 5.32 Å². The molecule has 24 heavy (non-hydrogen) atoms. The zero-order chi connectivity index (χ0) is 17.3. The summed E-state index contributed by atoms with van der Waals surface area (Å²) in [6.45, 7) is 0. The number of rotatable bonds is 4. The predicted octanol–water partition coefficient (Wildman–Crippen LogP) is 4.24. The fourth-order valence-electron chi connectivity index (χ4n) is 2.19. The topological polar surface area (TPSA) is 46.9 Å². The zero-order valence-corrected chi connectivity index (χ0v) is 14.1. The van der Waals surface area contributed by atoms with E-state index in [1.165, 1.54) is 11.8 Å². The summed E-state index contributed by atoms with van der Waals surface area (Å²) < 4.78 is 28.5. The number of aryl methyl sites for hydroxylation is 1. The minimum Gasteiger partial charge on any atom is -0.323 e. The number of carbonyl (C=O) groups is 1. The lowest BCUT2D eigenvalue weighted by atomic mass is 10.3. The van der Waals surface area contributed by atoms with Crippen LogP contribution in [0.25, 0.3) is 11.0 Å². The van der Waals surface area contributed by atoms with Crippen LogP contribution in [0.3, 0.4) is 0 Å². The van der Waals surface area contributed by atoms with Gasteiger partial charge < -0.3 is 9.88 Å². The first kappa shape index (κ1) is 16.7. The number of halogens is 3. The number of carbonyl (C=O) groups excluding carboxylic acids is 1. The van der Waals surface area contributed by atoms with Crippen LogP contribution in [0.4, 0.5) is 14.5 Å². The van der Waals surface area contributed by atoms with E-state index < -0.39 is 17.5 Å². The van der Waals surface area contributed by atoms with Gasteiger partial charge in [-0.15, -0.1) is 0 Å². The average Bonchev–Trinajstić information content (AvgIpc) is 2.84. The van der Waals surface area contributed by atoms with Crippen molar-refractivity contribution in [3.8, 4) is 0 Å². The molecule has 2 aromatic carbocycles. The second-order valence-electron chi connectivity index (χ2n) is 5.05. The standard InChI is InChI=1S/C16H12ClF2N3OS/c1-22-14-5-2-9(17)6-13(14)21-16(22)24-8-15(23)20-12-7-10(18)3-4-11(12)19/h2-7H,8H2,1H3,(H,20,23). The summed E-state index contributed by atoms with van der Waals surface area (Å²) in [4.78, 5) is 16.4. The Morgan fingerprint density at radius 1 is 1.29 bits per heavy atom. The number of amides is 1. The molecule has 8 heteroatoms. The van der Waals surface area contributed by atoms with E-state index in [4.69, 9.17) is 11.6 Å². The molecule has 1 aromatic heterocycles. The van der Waals surface area contributed by atoms with Gasteiger partial charge in [-0.05, 0) is 30.3 Å². The summed E-state index contributed by atoms with van der Waals surface area (Å²) in [7, 11) is 1.83. The molecule has 3 aromatic rings. The number of imidazole rings is 1. The number of benzene rings is 2. The van der Waals surface area contributed by atoms with Crippen LogP contribution in [0.1, 0.15) is 0 Å². The highest BCUT2D eigenvalue weighted by molar-refractivity contribution is 7.99. The molecule has 1 N–H and O–H groups in total. The van der Waals surface area contributed by atoms with E-state index in [-0.39, 0.29) is 11.4 Å². The van der Waals surface area contributed by atoms with Gasteiger partial charge in [0.25, 0.3) is 0 Å². The average molecular weight is 368 g/mol. The van der Waals surface area contributed by atoms with Crippen molar-refractivity contribution in [2.24, 2.45) is 7.05 Å². The third-order valence-electron chi connectivity index (χ3n) is 3.34. The van der Waals surface area contributed by atoms with Gasteiger partial charge in [0.2, 0.25) is 5.91 Å². The highest BCUT2D eigenvalue weighted by Gasteiger charge is 2.13. The Balaban J connectivity index is 1.70. The molecule has 0 bridgehead atoms. The Morgan fingerprint density at radius 3 is 2.88 bits per heavy atom. The molecule has 124 valence electrons. The van der Waals surface area contributed by atoms with E-state index in [2.05, 4.69) is 10.3 Å². The number of nitrogens with zero attached hydrogens (tertiary/aromatic N) is 2. The first-order valence-corrected chi connectivity index (χ1v) is 8.30. The number of aromatic nitrogens is 2. The van der Waals surface area contributed by atoms with Gasteiger partial charge in [0.1, 0.15) is 11.6 Å². The van der Waals surface area contributed by atoms with Crippen LogP contribution in [0.5, 0.6) is 0 Å². The Morgan fingerprint density at radius 2 is 2.08 bits per heavy atom. The molecule has 0 aliphatic heterocycles. The van der Waals surface area contributed by atoms with Crippen molar-refractivity contribution >= 4 is 46.0 Å². The number of hydrogen-bond donors (Lipinski definition) is 1. The Bertz CT molecular complexity index is 929. The molecule has 0 aliphatic rings. The van der Waals surface area contributed by atoms with Crippen LogP contribution in [0, 0.1) is 11.6 Å². The van der Waals surface area contributed by atoms with Gasteiger partial charge in [0.15, 0.2) is 5.16 Å². The second kappa shape index (κ2) is 6.78. The maximum Gasteiger partial charge on any atom is 0.234 e. The fraction of sp³-hybridized carbons (Fsp3) is 0.125. The van der Waals surface area contributed by atoms with Crippen LogP contribution in [-0.2, 0) is 11.8 Å². The van der Waals surface area contributed by atoms with E-state index in [0.29, 0.717) is 10.2 Å². The van der Waals surface area contributed by atoms with Crippen molar-refractivity contribution in [2.45, 2.75) is 5.16 Å². The number of anilines is 1. The fourth-order valence-corrected chi connectivity index (χ4v) is 3.14.